The standard InChI is InChI=1S/C10H8ClNO/c11-9-4-8-3-7(6-13)1-2-10(8)12-5-9/h1-5,13H,6H2. The second kappa shape index (κ2) is 3.32. The molecule has 13 heavy (non-hydrogen) atoms. The maximum atomic E-state index is 8.91. The fourth-order valence-electron chi connectivity index (χ4n) is 1.25. The van der Waals surface area contributed by atoms with Crippen LogP contribution in [-0.2, 0) is 6.61 Å². The van der Waals surface area contributed by atoms with E-state index in [-0.39, 0.29) is 6.61 Å². The molecular weight excluding hydrogens is 186 g/mol. The molecule has 1 aromatic heterocycles. The normalized spacial score (nSPS) is 10.6. The molecule has 0 spiro atoms. The topological polar surface area (TPSA) is 33.1 Å². The summed E-state index contributed by atoms with van der Waals surface area (Å²) in [5.74, 6) is 0. The van der Waals surface area contributed by atoms with E-state index in [1.165, 1.54) is 0 Å². The first-order valence-corrected chi connectivity index (χ1v) is 4.32. The zero-order chi connectivity index (χ0) is 9.26. The Labute approximate surface area is 80.8 Å². The molecule has 0 fully saturated rings. The Morgan fingerprint density at radius 3 is 2.92 bits per heavy atom. The third kappa shape index (κ3) is 1.64. The van der Waals surface area contributed by atoms with E-state index >= 15 is 0 Å². The summed E-state index contributed by atoms with van der Waals surface area (Å²) in [6.07, 6.45) is 1.61. The lowest BCUT2D eigenvalue weighted by molar-refractivity contribution is 0.282. The SMILES string of the molecule is OCc1ccc2ncc(Cl)cc2c1. The minimum atomic E-state index is 0.0441. The fraction of sp³-hybridized carbons (Fsp3) is 0.100. The molecule has 1 N–H and O–H groups in total. The molecule has 0 aliphatic carbocycles. The monoisotopic (exact) mass is 193 g/mol. The second-order valence-electron chi connectivity index (χ2n) is 2.84. The Balaban J connectivity index is 2.68. The molecule has 0 saturated heterocycles. The van der Waals surface area contributed by atoms with Crippen molar-refractivity contribution in [2.75, 3.05) is 0 Å². The van der Waals surface area contributed by atoms with Crippen LogP contribution in [0.25, 0.3) is 10.9 Å². The van der Waals surface area contributed by atoms with Crippen molar-refractivity contribution in [3.8, 4) is 0 Å². The van der Waals surface area contributed by atoms with Crippen LogP contribution in [-0.4, -0.2) is 10.1 Å². The Hall–Kier alpha value is -1.12. The van der Waals surface area contributed by atoms with Crippen LogP contribution in [0.2, 0.25) is 5.02 Å². The lowest BCUT2D eigenvalue weighted by Gasteiger charge is -1.99. The van der Waals surface area contributed by atoms with Gasteiger partial charge >= 0.3 is 0 Å². The summed E-state index contributed by atoms with van der Waals surface area (Å²) in [5.41, 5.74) is 1.76. The highest BCUT2D eigenvalue weighted by atomic mass is 35.5. The van der Waals surface area contributed by atoms with Crippen LogP contribution in [0.4, 0.5) is 0 Å². The number of hydrogen-bond donors (Lipinski definition) is 1. The Morgan fingerprint density at radius 2 is 2.15 bits per heavy atom. The van der Waals surface area contributed by atoms with Gasteiger partial charge in [-0.15, -0.1) is 0 Å². The number of rotatable bonds is 1. The third-order valence-corrected chi connectivity index (χ3v) is 2.10. The van der Waals surface area contributed by atoms with Gasteiger partial charge in [0.1, 0.15) is 0 Å². The Kier molecular flexibility index (Phi) is 2.17. The van der Waals surface area contributed by atoms with Crippen molar-refractivity contribution >= 4 is 22.5 Å². The first-order valence-electron chi connectivity index (χ1n) is 3.94. The zero-order valence-corrected chi connectivity index (χ0v) is 7.62. The Morgan fingerprint density at radius 1 is 1.31 bits per heavy atom. The number of aliphatic hydroxyl groups excluding tert-OH is 1. The van der Waals surface area contributed by atoms with Crippen molar-refractivity contribution in [2.24, 2.45) is 0 Å². The molecule has 0 radical (unpaired) electrons. The van der Waals surface area contributed by atoms with E-state index in [1.807, 2.05) is 24.3 Å². The number of aliphatic hydroxyl groups is 1. The molecule has 2 nitrogen and oxygen atoms in total. The molecule has 0 amide bonds. The molecule has 0 atom stereocenters. The van der Waals surface area contributed by atoms with Crippen LogP contribution < -0.4 is 0 Å². The summed E-state index contributed by atoms with van der Waals surface area (Å²) < 4.78 is 0. The van der Waals surface area contributed by atoms with E-state index in [9.17, 15) is 0 Å². The highest BCUT2D eigenvalue weighted by Gasteiger charge is 1.97. The van der Waals surface area contributed by atoms with Gasteiger partial charge in [0.05, 0.1) is 17.1 Å². The van der Waals surface area contributed by atoms with Gasteiger partial charge in [-0.2, -0.15) is 0 Å². The van der Waals surface area contributed by atoms with Gasteiger partial charge in [0.25, 0.3) is 0 Å². The Bertz CT molecular complexity index is 442. The number of halogens is 1. The zero-order valence-electron chi connectivity index (χ0n) is 6.87. The molecule has 0 aliphatic heterocycles. The number of benzene rings is 1. The van der Waals surface area contributed by atoms with Crippen molar-refractivity contribution in [1.29, 1.82) is 0 Å². The predicted molar refractivity (Wildman–Crippen MR) is 52.7 cm³/mol. The number of fused-ring (bicyclic) bond motifs is 1. The molecule has 1 heterocycles. The van der Waals surface area contributed by atoms with E-state index < -0.39 is 0 Å². The van der Waals surface area contributed by atoms with Crippen LogP contribution in [0.5, 0.6) is 0 Å². The third-order valence-electron chi connectivity index (χ3n) is 1.89. The summed E-state index contributed by atoms with van der Waals surface area (Å²) in [7, 11) is 0. The molecule has 66 valence electrons. The molecule has 2 aromatic rings. The number of aromatic nitrogens is 1. The molecule has 0 aliphatic rings. The fourth-order valence-corrected chi connectivity index (χ4v) is 1.42. The van der Waals surface area contributed by atoms with E-state index in [4.69, 9.17) is 16.7 Å². The van der Waals surface area contributed by atoms with Gasteiger partial charge < -0.3 is 5.11 Å². The smallest absolute Gasteiger partial charge is 0.0703 e. The predicted octanol–water partition coefficient (Wildman–Crippen LogP) is 2.38. The first-order chi connectivity index (χ1) is 6.29. The lowest BCUT2D eigenvalue weighted by atomic mass is 10.1. The number of pyridine rings is 1. The minimum absolute atomic E-state index is 0.0441. The van der Waals surface area contributed by atoms with Gasteiger partial charge in [-0.25, -0.2) is 0 Å². The second-order valence-corrected chi connectivity index (χ2v) is 3.28. The summed E-state index contributed by atoms with van der Waals surface area (Å²) >= 11 is 5.79. The van der Waals surface area contributed by atoms with Crippen LogP contribution in [0, 0.1) is 0 Å². The van der Waals surface area contributed by atoms with Gasteiger partial charge in [-0.3, -0.25) is 4.98 Å². The highest BCUT2D eigenvalue weighted by molar-refractivity contribution is 6.31. The van der Waals surface area contributed by atoms with E-state index in [1.54, 1.807) is 6.20 Å². The average molecular weight is 194 g/mol. The number of hydrogen-bond acceptors (Lipinski definition) is 2. The van der Waals surface area contributed by atoms with Crippen LogP contribution in [0.1, 0.15) is 5.56 Å². The minimum Gasteiger partial charge on any atom is -0.392 e. The molecule has 3 heteroatoms. The number of nitrogens with zero attached hydrogens (tertiary/aromatic N) is 1. The lowest BCUT2D eigenvalue weighted by Crippen LogP contribution is -1.84. The summed E-state index contributed by atoms with van der Waals surface area (Å²) in [6.45, 7) is 0.0441. The van der Waals surface area contributed by atoms with Crippen molar-refractivity contribution in [3.05, 3.63) is 41.0 Å². The van der Waals surface area contributed by atoms with Crippen molar-refractivity contribution in [1.82, 2.24) is 4.98 Å². The van der Waals surface area contributed by atoms with E-state index in [0.29, 0.717) is 5.02 Å². The molecule has 0 bridgehead atoms. The quantitative estimate of drug-likeness (QED) is 0.755. The molecular formula is C10H8ClNO. The molecule has 2 rings (SSSR count). The van der Waals surface area contributed by atoms with Crippen molar-refractivity contribution < 1.29 is 5.11 Å². The summed E-state index contributed by atoms with van der Waals surface area (Å²) in [6, 6.07) is 7.44. The van der Waals surface area contributed by atoms with E-state index in [2.05, 4.69) is 4.98 Å². The average Bonchev–Trinajstić information content (AvgIpc) is 2.16. The molecule has 0 saturated carbocycles. The summed E-state index contributed by atoms with van der Waals surface area (Å²) in [4.78, 5) is 4.14. The maximum absolute atomic E-state index is 8.91. The molecule has 0 unspecified atom stereocenters. The maximum Gasteiger partial charge on any atom is 0.0703 e. The first kappa shape index (κ1) is 8.48. The van der Waals surface area contributed by atoms with Crippen LogP contribution in [0.3, 0.4) is 0 Å². The highest BCUT2D eigenvalue weighted by Crippen LogP contribution is 2.17. The van der Waals surface area contributed by atoms with E-state index in [0.717, 1.165) is 16.5 Å². The molecule has 1 aromatic carbocycles. The van der Waals surface area contributed by atoms with Gasteiger partial charge in [0.15, 0.2) is 0 Å². The van der Waals surface area contributed by atoms with Gasteiger partial charge in [-0.1, -0.05) is 17.7 Å². The van der Waals surface area contributed by atoms with Crippen LogP contribution in [0.15, 0.2) is 30.5 Å². The van der Waals surface area contributed by atoms with Gasteiger partial charge in [0, 0.05) is 11.6 Å². The van der Waals surface area contributed by atoms with Gasteiger partial charge in [0.2, 0.25) is 0 Å². The summed E-state index contributed by atoms with van der Waals surface area (Å²) in [5, 5.41) is 10.5. The van der Waals surface area contributed by atoms with Crippen molar-refractivity contribution in [3.63, 3.8) is 0 Å². The van der Waals surface area contributed by atoms with Crippen molar-refractivity contribution in [2.45, 2.75) is 6.61 Å². The van der Waals surface area contributed by atoms with Crippen LogP contribution >= 0.6 is 11.6 Å². The largest absolute Gasteiger partial charge is 0.392 e. The van der Waals surface area contributed by atoms with Gasteiger partial charge in [-0.05, 0) is 23.8 Å².